The summed E-state index contributed by atoms with van der Waals surface area (Å²) in [7, 11) is 0. The second-order valence-corrected chi connectivity index (χ2v) is 6.14. The summed E-state index contributed by atoms with van der Waals surface area (Å²) >= 11 is 0. The summed E-state index contributed by atoms with van der Waals surface area (Å²) < 4.78 is 0. The van der Waals surface area contributed by atoms with Crippen LogP contribution in [0.1, 0.15) is 47.6 Å². The van der Waals surface area contributed by atoms with Crippen LogP contribution in [0.25, 0.3) is 0 Å². The van der Waals surface area contributed by atoms with Gasteiger partial charge in [0.15, 0.2) is 0 Å². The topological polar surface area (TPSA) is 55.1 Å². The van der Waals surface area contributed by atoms with Crippen LogP contribution in [0.5, 0.6) is 0 Å². The number of nitrogens with two attached hydrogens (primary N) is 1. The maximum Gasteiger partial charge on any atom is 0.231 e. The average Bonchev–Trinajstić information content (AvgIpc) is 2.82. The summed E-state index contributed by atoms with van der Waals surface area (Å²) in [6, 6.07) is 14.6. The Morgan fingerprint density at radius 2 is 1.95 bits per heavy atom. The summed E-state index contributed by atoms with van der Waals surface area (Å²) in [4.78, 5) is 11.8. The van der Waals surface area contributed by atoms with Crippen LogP contribution < -0.4 is 11.1 Å². The van der Waals surface area contributed by atoms with Crippen LogP contribution in [0, 0.1) is 6.92 Å². The Morgan fingerprint density at radius 1 is 1.23 bits per heavy atom. The molecular formula is C19H22N2O. The molecule has 1 heterocycles. The summed E-state index contributed by atoms with van der Waals surface area (Å²) in [6.45, 7) is 3.98. The molecule has 0 aliphatic carbocycles. The molecule has 22 heavy (non-hydrogen) atoms. The Bertz CT molecular complexity index is 694. The van der Waals surface area contributed by atoms with Crippen molar-refractivity contribution in [2.45, 2.75) is 38.6 Å². The molecule has 0 aromatic heterocycles. The van der Waals surface area contributed by atoms with Crippen molar-refractivity contribution in [1.82, 2.24) is 0 Å². The number of aryl methyl sites for hydroxylation is 2. The zero-order valence-electron chi connectivity index (χ0n) is 13.1. The van der Waals surface area contributed by atoms with Gasteiger partial charge >= 0.3 is 0 Å². The summed E-state index contributed by atoms with van der Waals surface area (Å²) in [5.41, 5.74) is 12.0. The lowest BCUT2D eigenvalue weighted by molar-refractivity contribution is -0.116. The predicted octanol–water partition coefficient (Wildman–Crippen LogP) is 3.68. The van der Waals surface area contributed by atoms with Crippen molar-refractivity contribution in [2.75, 3.05) is 5.32 Å². The van der Waals surface area contributed by atoms with Gasteiger partial charge < -0.3 is 11.1 Å². The van der Waals surface area contributed by atoms with Crippen molar-refractivity contribution in [1.29, 1.82) is 0 Å². The highest BCUT2D eigenvalue weighted by Crippen LogP contribution is 2.37. The lowest BCUT2D eigenvalue weighted by Gasteiger charge is -2.16. The quantitative estimate of drug-likeness (QED) is 0.903. The second-order valence-electron chi connectivity index (χ2n) is 6.14. The Morgan fingerprint density at radius 3 is 2.68 bits per heavy atom. The normalized spacial score (nSPS) is 18.0. The van der Waals surface area contributed by atoms with Gasteiger partial charge in [0.1, 0.15) is 0 Å². The minimum atomic E-state index is -0.0880. The number of rotatable bonds is 4. The molecule has 0 fully saturated rings. The fourth-order valence-corrected chi connectivity index (χ4v) is 3.08. The zero-order valence-corrected chi connectivity index (χ0v) is 13.1. The van der Waals surface area contributed by atoms with Gasteiger partial charge in [0.05, 0.1) is 5.92 Å². The van der Waals surface area contributed by atoms with Crippen molar-refractivity contribution in [3.63, 3.8) is 0 Å². The number of amides is 1. The number of anilines is 1. The number of fused-ring (bicyclic) bond motifs is 1. The maximum atomic E-state index is 11.8. The molecule has 1 aliphatic rings. The Labute approximate surface area is 131 Å². The molecule has 1 amide bonds. The number of hydrogen-bond donors (Lipinski definition) is 2. The van der Waals surface area contributed by atoms with E-state index in [9.17, 15) is 4.79 Å². The molecule has 3 nitrogen and oxygen atoms in total. The monoisotopic (exact) mass is 294 g/mol. The standard InChI is InChI=1S/C19H22N2O/c1-12-10-15(11-16-13(2)19(22)21-18(12)16)17(20)9-8-14-6-4-3-5-7-14/h3-7,10-11,13,17H,8-9,20H2,1-2H3,(H,21,22). The van der Waals surface area contributed by atoms with Crippen molar-refractivity contribution in [2.24, 2.45) is 5.73 Å². The third-order valence-electron chi connectivity index (χ3n) is 4.51. The van der Waals surface area contributed by atoms with Crippen LogP contribution >= 0.6 is 0 Å². The molecule has 3 rings (SSSR count). The molecule has 2 aromatic rings. The molecule has 114 valence electrons. The molecule has 3 heteroatoms. The highest BCUT2D eigenvalue weighted by atomic mass is 16.2. The lowest BCUT2D eigenvalue weighted by Crippen LogP contribution is -2.12. The molecule has 2 aromatic carbocycles. The molecule has 2 unspecified atom stereocenters. The Kier molecular flexibility index (Phi) is 3.99. The minimum absolute atomic E-state index is 0.00731. The highest BCUT2D eigenvalue weighted by molar-refractivity contribution is 6.03. The predicted molar refractivity (Wildman–Crippen MR) is 89.9 cm³/mol. The van der Waals surface area contributed by atoms with Crippen molar-refractivity contribution < 1.29 is 4.79 Å². The van der Waals surface area contributed by atoms with E-state index in [-0.39, 0.29) is 17.9 Å². The first-order valence-electron chi connectivity index (χ1n) is 7.81. The van der Waals surface area contributed by atoms with Crippen LogP contribution in [0.3, 0.4) is 0 Å². The van der Waals surface area contributed by atoms with Crippen molar-refractivity contribution >= 4 is 11.6 Å². The van der Waals surface area contributed by atoms with Gasteiger partial charge in [-0.1, -0.05) is 42.5 Å². The van der Waals surface area contributed by atoms with Crippen LogP contribution in [-0.2, 0) is 11.2 Å². The Balaban J connectivity index is 1.78. The summed E-state index contributed by atoms with van der Waals surface area (Å²) in [5.74, 6) is -0.0110. The number of nitrogens with one attached hydrogen (secondary N) is 1. The smallest absolute Gasteiger partial charge is 0.231 e. The van der Waals surface area contributed by atoms with Crippen LogP contribution in [-0.4, -0.2) is 5.91 Å². The largest absolute Gasteiger partial charge is 0.325 e. The molecule has 2 atom stereocenters. The third kappa shape index (κ3) is 2.77. The molecule has 1 aliphatic heterocycles. The average molecular weight is 294 g/mol. The van der Waals surface area contributed by atoms with Crippen LogP contribution in [0.2, 0.25) is 0 Å². The second kappa shape index (κ2) is 5.93. The van der Waals surface area contributed by atoms with Gasteiger partial charge in [0.25, 0.3) is 0 Å². The van der Waals surface area contributed by atoms with Gasteiger partial charge in [-0.25, -0.2) is 0 Å². The van der Waals surface area contributed by atoms with Crippen molar-refractivity contribution in [3.05, 3.63) is 64.7 Å². The molecule has 3 N–H and O–H groups in total. The van der Waals surface area contributed by atoms with Gasteiger partial charge in [0, 0.05) is 11.7 Å². The van der Waals surface area contributed by atoms with E-state index in [4.69, 9.17) is 5.73 Å². The van der Waals surface area contributed by atoms with E-state index in [0.29, 0.717) is 0 Å². The summed E-state index contributed by atoms with van der Waals surface area (Å²) in [5, 5.41) is 2.96. The van der Waals surface area contributed by atoms with E-state index in [2.05, 4.69) is 41.7 Å². The van der Waals surface area contributed by atoms with Crippen LogP contribution in [0.15, 0.2) is 42.5 Å². The fourth-order valence-electron chi connectivity index (χ4n) is 3.08. The fraction of sp³-hybridized carbons (Fsp3) is 0.316. The van der Waals surface area contributed by atoms with Gasteiger partial charge in [-0.15, -0.1) is 0 Å². The molecule has 0 saturated heterocycles. The van der Waals surface area contributed by atoms with Crippen LogP contribution in [0.4, 0.5) is 5.69 Å². The van der Waals surface area contributed by atoms with E-state index in [1.54, 1.807) is 0 Å². The molecule has 0 radical (unpaired) electrons. The highest BCUT2D eigenvalue weighted by Gasteiger charge is 2.28. The minimum Gasteiger partial charge on any atom is -0.325 e. The number of hydrogen-bond acceptors (Lipinski definition) is 2. The van der Waals surface area contributed by atoms with Gasteiger partial charge in [-0.3, -0.25) is 4.79 Å². The molecule has 0 bridgehead atoms. The van der Waals surface area contributed by atoms with E-state index in [1.807, 2.05) is 19.9 Å². The number of carbonyl (C=O) groups is 1. The maximum absolute atomic E-state index is 11.8. The zero-order chi connectivity index (χ0) is 15.7. The molecule has 0 saturated carbocycles. The number of carbonyl (C=O) groups excluding carboxylic acids is 1. The van der Waals surface area contributed by atoms with Crippen molar-refractivity contribution in [3.8, 4) is 0 Å². The Hall–Kier alpha value is -2.13. The first-order chi connectivity index (χ1) is 10.6. The van der Waals surface area contributed by atoms with E-state index in [1.165, 1.54) is 5.56 Å². The molecule has 0 spiro atoms. The van der Waals surface area contributed by atoms with E-state index >= 15 is 0 Å². The van der Waals surface area contributed by atoms with Gasteiger partial charge in [0.2, 0.25) is 5.91 Å². The first-order valence-corrected chi connectivity index (χ1v) is 7.81. The first kappa shape index (κ1) is 14.8. The van der Waals surface area contributed by atoms with Gasteiger partial charge in [-0.05, 0) is 48.9 Å². The third-order valence-corrected chi connectivity index (χ3v) is 4.51. The van der Waals surface area contributed by atoms with Gasteiger partial charge in [-0.2, -0.15) is 0 Å². The summed E-state index contributed by atoms with van der Waals surface area (Å²) in [6.07, 6.45) is 1.86. The number of benzene rings is 2. The van der Waals surface area contributed by atoms with E-state index < -0.39 is 0 Å². The molecular weight excluding hydrogens is 272 g/mol. The lowest BCUT2D eigenvalue weighted by atomic mass is 9.92. The van der Waals surface area contributed by atoms with E-state index in [0.717, 1.165) is 35.2 Å². The SMILES string of the molecule is Cc1cc(C(N)CCc2ccccc2)cc2c1NC(=O)C2C.